The van der Waals surface area contributed by atoms with Crippen molar-refractivity contribution in [3.05, 3.63) is 53.6 Å². The number of nitrogens with zero attached hydrogens (tertiary/aromatic N) is 1. The van der Waals surface area contributed by atoms with Gasteiger partial charge in [-0.05, 0) is 36.2 Å². The lowest BCUT2D eigenvalue weighted by molar-refractivity contribution is 0.414. The minimum atomic E-state index is -3.16. The lowest BCUT2D eigenvalue weighted by Crippen LogP contribution is -2.25. The number of methoxy groups -OCH3 is 1. The molecule has 0 bridgehead atoms. The van der Waals surface area contributed by atoms with Gasteiger partial charge in [0.15, 0.2) is 9.84 Å². The van der Waals surface area contributed by atoms with E-state index in [0.717, 1.165) is 17.9 Å². The van der Waals surface area contributed by atoms with E-state index in [1.165, 1.54) is 17.5 Å². The van der Waals surface area contributed by atoms with Crippen molar-refractivity contribution < 1.29 is 13.2 Å². The van der Waals surface area contributed by atoms with Crippen LogP contribution in [0.3, 0.4) is 0 Å². The lowest BCUT2D eigenvalue weighted by Gasteiger charge is -2.28. The Hall–Kier alpha value is -2.01. The average molecular weight is 345 g/mol. The summed E-state index contributed by atoms with van der Waals surface area (Å²) in [6.45, 7) is 5.32. The summed E-state index contributed by atoms with van der Waals surface area (Å²) in [7, 11) is -1.48. The number of hydrogen-bond acceptors (Lipinski definition) is 4. The summed E-state index contributed by atoms with van der Waals surface area (Å²) in [5.41, 5.74) is 3.63. The van der Waals surface area contributed by atoms with Gasteiger partial charge in [-0.1, -0.05) is 25.1 Å². The standard InChI is InChI=1S/C19H23NO3S/c1-13-12-20(19-11-16(23-3)7-10-18(13)19)14(2)15-5-8-17(9-6-15)24(4,21)22/h5-11,13-14H,12H2,1-4H3. The molecule has 4 nitrogen and oxygen atoms in total. The number of anilines is 1. The molecule has 1 heterocycles. The van der Waals surface area contributed by atoms with E-state index in [2.05, 4.69) is 30.9 Å². The van der Waals surface area contributed by atoms with Crippen molar-refractivity contribution in [2.24, 2.45) is 0 Å². The van der Waals surface area contributed by atoms with Gasteiger partial charge in [0.2, 0.25) is 0 Å². The van der Waals surface area contributed by atoms with Crippen LogP contribution in [0.2, 0.25) is 0 Å². The second-order valence-electron chi connectivity index (χ2n) is 6.50. The van der Waals surface area contributed by atoms with Crippen LogP contribution in [0.25, 0.3) is 0 Å². The molecule has 24 heavy (non-hydrogen) atoms. The van der Waals surface area contributed by atoms with Crippen LogP contribution in [0.1, 0.15) is 36.9 Å². The van der Waals surface area contributed by atoms with E-state index in [0.29, 0.717) is 10.8 Å². The lowest BCUT2D eigenvalue weighted by atomic mass is 10.0. The summed E-state index contributed by atoms with van der Waals surface area (Å²) in [5, 5.41) is 0. The molecule has 0 fully saturated rings. The van der Waals surface area contributed by atoms with E-state index in [9.17, 15) is 8.42 Å². The molecule has 0 spiro atoms. The molecule has 2 aromatic carbocycles. The highest BCUT2D eigenvalue weighted by molar-refractivity contribution is 7.90. The molecule has 0 saturated heterocycles. The van der Waals surface area contributed by atoms with Crippen molar-refractivity contribution >= 4 is 15.5 Å². The Balaban J connectivity index is 1.93. The molecule has 5 heteroatoms. The Labute approximate surface area is 144 Å². The first-order valence-corrected chi connectivity index (χ1v) is 9.95. The van der Waals surface area contributed by atoms with Crippen molar-refractivity contribution in [2.75, 3.05) is 24.8 Å². The molecule has 0 saturated carbocycles. The first-order chi connectivity index (χ1) is 11.3. The Kier molecular flexibility index (Phi) is 4.30. The molecule has 0 N–H and O–H groups in total. The van der Waals surface area contributed by atoms with Crippen LogP contribution in [0.5, 0.6) is 5.75 Å². The van der Waals surface area contributed by atoms with E-state index in [1.54, 1.807) is 19.2 Å². The summed E-state index contributed by atoms with van der Waals surface area (Å²) in [4.78, 5) is 2.72. The topological polar surface area (TPSA) is 46.6 Å². The minimum absolute atomic E-state index is 0.161. The molecular formula is C19H23NO3S. The molecule has 2 atom stereocenters. The van der Waals surface area contributed by atoms with Crippen molar-refractivity contribution in [3.8, 4) is 5.75 Å². The van der Waals surface area contributed by atoms with Gasteiger partial charge >= 0.3 is 0 Å². The first kappa shape index (κ1) is 16.8. The molecule has 2 aromatic rings. The summed E-state index contributed by atoms with van der Waals surface area (Å²) < 4.78 is 28.6. The summed E-state index contributed by atoms with van der Waals surface area (Å²) in [6.07, 6.45) is 1.23. The first-order valence-electron chi connectivity index (χ1n) is 8.06. The van der Waals surface area contributed by atoms with Crippen molar-refractivity contribution in [2.45, 2.75) is 30.7 Å². The summed E-state index contributed by atoms with van der Waals surface area (Å²) >= 11 is 0. The number of fused-ring (bicyclic) bond motifs is 1. The molecule has 0 aliphatic carbocycles. The molecular weight excluding hydrogens is 322 g/mol. The maximum atomic E-state index is 11.6. The van der Waals surface area contributed by atoms with E-state index in [1.807, 2.05) is 18.2 Å². The molecule has 128 valence electrons. The predicted molar refractivity (Wildman–Crippen MR) is 96.7 cm³/mol. The maximum absolute atomic E-state index is 11.6. The monoisotopic (exact) mass is 345 g/mol. The van der Waals surface area contributed by atoms with Crippen LogP contribution < -0.4 is 9.64 Å². The minimum Gasteiger partial charge on any atom is -0.497 e. The molecule has 1 aliphatic heterocycles. The molecule has 1 aliphatic rings. The SMILES string of the molecule is COc1ccc2c(c1)N(C(C)c1ccc(S(C)(=O)=O)cc1)CC2C. The van der Waals surface area contributed by atoms with E-state index in [4.69, 9.17) is 4.74 Å². The average Bonchev–Trinajstić information content (AvgIpc) is 2.89. The summed E-state index contributed by atoms with van der Waals surface area (Å²) in [6, 6.07) is 13.6. The fraction of sp³-hybridized carbons (Fsp3) is 0.368. The zero-order chi connectivity index (χ0) is 17.5. The Morgan fingerprint density at radius 2 is 1.83 bits per heavy atom. The van der Waals surface area contributed by atoms with Gasteiger partial charge < -0.3 is 9.64 Å². The molecule has 3 rings (SSSR count). The number of sulfone groups is 1. The van der Waals surface area contributed by atoms with Crippen molar-refractivity contribution in [3.63, 3.8) is 0 Å². The van der Waals surface area contributed by atoms with Gasteiger partial charge in [-0.3, -0.25) is 0 Å². The van der Waals surface area contributed by atoms with Gasteiger partial charge in [0.05, 0.1) is 18.0 Å². The van der Waals surface area contributed by atoms with E-state index >= 15 is 0 Å². The second kappa shape index (κ2) is 6.13. The molecule has 0 aromatic heterocycles. The van der Waals surface area contributed by atoms with Crippen LogP contribution in [0.15, 0.2) is 47.4 Å². The van der Waals surface area contributed by atoms with Crippen LogP contribution in [0, 0.1) is 0 Å². The number of hydrogen-bond donors (Lipinski definition) is 0. The highest BCUT2D eigenvalue weighted by atomic mass is 32.2. The third-order valence-electron chi connectivity index (χ3n) is 4.81. The number of benzene rings is 2. The van der Waals surface area contributed by atoms with Gasteiger partial charge in [-0.2, -0.15) is 0 Å². The molecule has 0 amide bonds. The zero-order valence-electron chi connectivity index (χ0n) is 14.5. The van der Waals surface area contributed by atoms with Crippen LogP contribution in [-0.2, 0) is 9.84 Å². The normalized spacial score (nSPS) is 18.3. The number of ether oxygens (including phenoxy) is 1. The van der Waals surface area contributed by atoms with Crippen LogP contribution in [-0.4, -0.2) is 28.3 Å². The van der Waals surface area contributed by atoms with E-state index < -0.39 is 9.84 Å². The highest BCUT2D eigenvalue weighted by Crippen LogP contribution is 2.42. The van der Waals surface area contributed by atoms with Gasteiger partial charge in [0, 0.05) is 30.5 Å². The quantitative estimate of drug-likeness (QED) is 0.846. The Morgan fingerprint density at radius 1 is 1.17 bits per heavy atom. The Bertz CT molecular complexity index is 843. The zero-order valence-corrected chi connectivity index (χ0v) is 15.3. The largest absolute Gasteiger partial charge is 0.497 e. The van der Waals surface area contributed by atoms with Gasteiger partial charge in [0.25, 0.3) is 0 Å². The third-order valence-corrected chi connectivity index (χ3v) is 5.94. The van der Waals surface area contributed by atoms with Gasteiger partial charge in [-0.25, -0.2) is 8.42 Å². The summed E-state index contributed by atoms with van der Waals surface area (Å²) in [5.74, 6) is 1.32. The van der Waals surface area contributed by atoms with Crippen LogP contribution in [0.4, 0.5) is 5.69 Å². The second-order valence-corrected chi connectivity index (χ2v) is 8.51. The van der Waals surface area contributed by atoms with Crippen molar-refractivity contribution in [1.29, 1.82) is 0 Å². The van der Waals surface area contributed by atoms with Crippen LogP contribution >= 0.6 is 0 Å². The fourth-order valence-electron chi connectivity index (χ4n) is 3.35. The smallest absolute Gasteiger partial charge is 0.175 e. The maximum Gasteiger partial charge on any atom is 0.175 e. The highest BCUT2D eigenvalue weighted by Gasteiger charge is 2.29. The molecule has 2 unspecified atom stereocenters. The van der Waals surface area contributed by atoms with Gasteiger partial charge in [-0.15, -0.1) is 0 Å². The van der Waals surface area contributed by atoms with Crippen molar-refractivity contribution in [1.82, 2.24) is 0 Å². The fourth-order valence-corrected chi connectivity index (χ4v) is 3.98. The molecule has 0 radical (unpaired) electrons. The van der Waals surface area contributed by atoms with Gasteiger partial charge in [0.1, 0.15) is 5.75 Å². The van der Waals surface area contributed by atoms with E-state index in [-0.39, 0.29) is 6.04 Å². The Morgan fingerprint density at radius 3 is 2.42 bits per heavy atom. The third kappa shape index (κ3) is 3.00. The number of rotatable bonds is 4. The predicted octanol–water partition coefficient (Wildman–Crippen LogP) is 3.78.